The molecule has 82 valence electrons. The number of anilines is 2. The van der Waals surface area contributed by atoms with Crippen molar-refractivity contribution in [3.05, 3.63) is 12.0 Å². The van der Waals surface area contributed by atoms with Crippen LogP contribution >= 0.6 is 0 Å². The lowest BCUT2D eigenvalue weighted by molar-refractivity contribution is 0.616. The summed E-state index contributed by atoms with van der Waals surface area (Å²) in [4.78, 5) is 7.89. The summed E-state index contributed by atoms with van der Waals surface area (Å²) in [6.45, 7) is 3.48. The molecule has 0 spiro atoms. The maximum atomic E-state index is 13.3. The van der Waals surface area contributed by atoms with Gasteiger partial charge >= 0.3 is 0 Å². The molecule has 0 atom stereocenters. The maximum Gasteiger partial charge on any atom is 0.224 e. The van der Waals surface area contributed by atoms with Gasteiger partial charge in [0.15, 0.2) is 11.6 Å². The molecular formula is C10H15FN4. The molecule has 1 saturated carbocycles. The van der Waals surface area contributed by atoms with Crippen molar-refractivity contribution < 1.29 is 4.39 Å². The van der Waals surface area contributed by atoms with E-state index >= 15 is 0 Å². The van der Waals surface area contributed by atoms with Gasteiger partial charge in [0, 0.05) is 13.1 Å². The van der Waals surface area contributed by atoms with E-state index in [1.165, 1.54) is 19.0 Å². The van der Waals surface area contributed by atoms with Gasteiger partial charge in [-0.2, -0.15) is 4.98 Å². The van der Waals surface area contributed by atoms with E-state index in [9.17, 15) is 4.39 Å². The van der Waals surface area contributed by atoms with E-state index in [2.05, 4.69) is 20.6 Å². The Morgan fingerprint density at radius 2 is 2.27 bits per heavy atom. The predicted octanol–water partition coefficient (Wildman–Crippen LogP) is 1.87. The van der Waals surface area contributed by atoms with Gasteiger partial charge in [-0.25, -0.2) is 9.37 Å². The van der Waals surface area contributed by atoms with Crippen molar-refractivity contribution in [1.29, 1.82) is 0 Å². The Kier molecular flexibility index (Phi) is 2.99. The summed E-state index contributed by atoms with van der Waals surface area (Å²) in [5.41, 5.74) is 0. The topological polar surface area (TPSA) is 49.8 Å². The van der Waals surface area contributed by atoms with Crippen molar-refractivity contribution >= 4 is 11.8 Å². The highest BCUT2D eigenvalue weighted by Crippen LogP contribution is 2.29. The van der Waals surface area contributed by atoms with Crippen LogP contribution in [0.4, 0.5) is 16.2 Å². The third-order valence-electron chi connectivity index (χ3n) is 2.33. The first-order chi connectivity index (χ1) is 7.29. The number of nitrogens with one attached hydrogen (secondary N) is 2. The molecule has 4 nitrogen and oxygen atoms in total. The molecule has 15 heavy (non-hydrogen) atoms. The molecule has 1 aromatic heterocycles. The molecule has 0 bridgehead atoms. The summed E-state index contributed by atoms with van der Waals surface area (Å²) in [6, 6.07) is 0. The normalized spacial score (nSPS) is 15.1. The zero-order chi connectivity index (χ0) is 10.7. The van der Waals surface area contributed by atoms with Gasteiger partial charge in [0.2, 0.25) is 5.95 Å². The number of hydrogen-bond acceptors (Lipinski definition) is 4. The second kappa shape index (κ2) is 4.42. The van der Waals surface area contributed by atoms with Crippen LogP contribution in [0.5, 0.6) is 0 Å². The zero-order valence-corrected chi connectivity index (χ0v) is 8.76. The highest BCUT2D eigenvalue weighted by molar-refractivity contribution is 5.41. The van der Waals surface area contributed by atoms with E-state index in [0.29, 0.717) is 17.7 Å². The highest BCUT2D eigenvalue weighted by Gasteiger charge is 2.21. The Labute approximate surface area is 88.3 Å². The van der Waals surface area contributed by atoms with E-state index in [1.54, 1.807) is 0 Å². The maximum absolute atomic E-state index is 13.3. The minimum atomic E-state index is -0.391. The van der Waals surface area contributed by atoms with Gasteiger partial charge in [0.1, 0.15) is 0 Å². The van der Waals surface area contributed by atoms with Gasteiger partial charge in [0.25, 0.3) is 0 Å². The molecule has 0 saturated heterocycles. The Balaban J connectivity index is 2.01. The molecule has 0 unspecified atom stereocenters. The summed E-state index contributed by atoms with van der Waals surface area (Å²) >= 11 is 0. The molecule has 1 fully saturated rings. The van der Waals surface area contributed by atoms with Crippen LogP contribution in [-0.2, 0) is 0 Å². The van der Waals surface area contributed by atoms with Crippen molar-refractivity contribution in [2.24, 2.45) is 5.92 Å². The Morgan fingerprint density at radius 3 is 2.93 bits per heavy atom. The standard InChI is InChI=1S/C10H15FN4/c1-2-12-10-14-6-8(11)9(15-10)13-5-7-3-4-7/h6-7H,2-5H2,1H3,(H2,12,13,14,15). The largest absolute Gasteiger partial charge is 0.367 e. The fourth-order valence-corrected chi connectivity index (χ4v) is 1.30. The van der Waals surface area contributed by atoms with Gasteiger partial charge in [-0.15, -0.1) is 0 Å². The number of hydrogen-bond donors (Lipinski definition) is 2. The van der Waals surface area contributed by atoms with Gasteiger partial charge in [-0.05, 0) is 25.7 Å². The van der Waals surface area contributed by atoms with Crippen molar-refractivity contribution in [3.63, 3.8) is 0 Å². The van der Waals surface area contributed by atoms with Crippen LogP contribution < -0.4 is 10.6 Å². The van der Waals surface area contributed by atoms with E-state index in [4.69, 9.17) is 0 Å². The predicted molar refractivity (Wildman–Crippen MR) is 57.4 cm³/mol. The lowest BCUT2D eigenvalue weighted by atomic mass is 10.4. The molecule has 5 heteroatoms. The van der Waals surface area contributed by atoms with Crippen molar-refractivity contribution in [3.8, 4) is 0 Å². The molecule has 0 aliphatic heterocycles. The van der Waals surface area contributed by atoms with E-state index in [0.717, 1.165) is 13.1 Å². The van der Waals surface area contributed by atoms with Crippen LogP contribution in [0.15, 0.2) is 6.20 Å². The number of nitrogens with zero attached hydrogens (tertiary/aromatic N) is 2. The summed E-state index contributed by atoms with van der Waals surface area (Å²) < 4.78 is 13.3. The molecular weight excluding hydrogens is 195 g/mol. The lowest BCUT2D eigenvalue weighted by Gasteiger charge is -2.07. The van der Waals surface area contributed by atoms with Crippen LogP contribution in [0.3, 0.4) is 0 Å². The fraction of sp³-hybridized carbons (Fsp3) is 0.600. The third kappa shape index (κ3) is 2.78. The number of aromatic nitrogens is 2. The molecule has 0 radical (unpaired) electrons. The van der Waals surface area contributed by atoms with Crippen LogP contribution in [0, 0.1) is 11.7 Å². The van der Waals surface area contributed by atoms with Gasteiger partial charge in [-0.1, -0.05) is 0 Å². The average Bonchev–Trinajstić information content (AvgIpc) is 3.03. The lowest BCUT2D eigenvalue weighted by Crippen LogP contribution is -2.10. The SMILES string of the molecule is CCNc1ncc(F)c(NCC2CC2)n1. The van der Waals surface area contributed by atoms with E-state index in [1.807, 2.05) is 6.92 Å². The van der Waals surface area contributed by atoms with E-state index in [-0.39, 0.29) is 0 Å². The minimum absolute atomic E-state index is 0.299. The number of halogens is 1. The van der Waals surface area contributed by atoms with Crippen LogP contribution in [0.25, 0.3) is 0 Å². The van der Waals surface area contributed by atoms with Crippen molar-refractivity contribution in [2.45, 2.75) is 19.8 Å². The molecule has 2 N–H and O–H groups in total. The first kappa shape index (κ1) is 10.1. The summed E-state index contributed by atoms with van der Waals surface area (Å²) in [7, 11) is 0. The molecule has 0 amide bonds. The number of rotatable bonds is 5. The summed E-state index contributed by atoms with van der Waals surface area (Å²) in [6.07, 6.45) is 3.67. The summed E-state index contributed by atoms with van der Waals surface area (Å²) in [5, 5.41) is 5.96. The quantitative estimate of drug-likeness (QED) is 0.779. The highest BCUT2D eigenvalue weighted by atomic mass is 19.1. The Bertz CT molecular complexity index is 338. The molecule has 1 aliphatic carbocycles. The molecule has 1 heterocycles. The van der Waals surface area contributed by atoms with Gasteiger partial charge < -0.3 is 10.6 Å². The molecule has 1 aromatic rings. The van der Waals surface area contributed by atoms with Gasteiger partial charge in [0.05, 0.1) is 6.20 Å². The fourth-order valence-electron chi connectivity index (χ4n) is 1.30. The van der Waals surface area contributed by atoms with Crippen LogP contribution in [0.1, 0.15) is 19.8 Å². The smallest absolute Gasteiger partial charge is 0.224 e. The second-order valence-electron chi connectivity index (χ2n) is 3.74. The van der Waals surface area contributed by atoms with E-state index < -0.39 is 5.82 Å². The van der Waals surface area contributed by atoms with Crippen molar-refractivity contribution in [1.82, 2.24) is 9.97 Å². The Morgan fingerprint density at radius 1 is 1.47 bits per heavy atom. The monoisotopic (exact) mass is 210 g/mol. The van der Waals surface area contributed by atoms with Gasteiger partial charge in [-0.3, -0.25) is 0 Å². The van der Waals surface area contributed by atoms with Crippen molar-refractivity contribution in [2.75, 3.05) is 23.7 Å². The molecule has 1 aliphatic rings. The minimum Gasteiger partial charge on any atom is -0.367 e. The summed E-state index contributed by atoms with van der Waals surface area (Å²) in [5.74, 6) is 1.07. The first-order valence-corrected chi connectivity index (χ1v) is 5.30. The second-order valence-corrected chi connectivity index (χ2v) is 3.74. The zero-order valence-electron chi connectivity index (χ0n) is 8.76. The average molecular weight is 210 g/mol. The third-order valence-corrected chi connectivity index (χ3v) is 2.33. The molecule has 2 rings (SSSR count). The van der Waals surface area contributed by atoms with Crippen LogP contribution in [-0.4, -0.2) is 23.1 Å². The molecule has 0 aromatic carbocycles. The first-order valence-electron chi connectivity index (χ1n) is 5.30. The Hall–Kier alpha value is -1.39. The van der Waals surface area contributed by atoms with Crippen LogP contribution in [0.2, 0.25) is 0 Å².